The zero-order valence-electron chi connectivity index (χ0n) is 12.4. The highest BCUT2D eigenvalue weighted by Gasteiger charge is 2.13. The Hall–Kier alpha value is -1.31. The Balaban J connectivity index is 1.64. The number of rotatable bonds is 5. The molecule has 1 aromatic rings. The summed E-state index contributed by atoms with van der Waals surface area (Å²) in [6.07, 6.45) is 11.5. The molecule has 0 aliphatic heterocycles. The smallest absolute Gasteiger partial charge is 0.220 e. The van der Waals surface area contributed by atoms with Gasteiger partial charge in [0.2, 0.25) is 5.91 Å². The zero-order valence-corrected chi connectivity index (χ0v) is 12.4. The van der Waals surface area contributed by atoms with Gasteiger partial charge in [-0.1, -0.05) is 62.4 Å². The van der Waals surface area contributed by atoms with Crippen LogP contribution < -0.4 is 5.32 Å². The number of hydrogen-bond acceptors (Lipinski definition) is 1. The molecule has 0 bridgehead atoms. The van der Waals surface area contributed by atoms with Crippen molar-refractivity contribution in [1.29, 1.82) is 0 Å². The van der Waals surface area contributed by atoms with Gasteiger partial charge in [-0.2, -0.15) is 0 Å². The number of carbonyl (C=O) groups is 1. The van der Waals surface area contributed by atoms with E-state index in [-0.39, 0.29) is 5.91 Å². The van der Waals surface area contributed by atoms with Crippen molar-refractivity contribution in [3.8, 4) is 0 Å². The van der Waals surface area contributed by atoms with Crippen molar-refractivity contribution >= 4 is 5.91 Å². The first-order chi connectivity index (χ1) is 9.84. The second kappa shape index (κ2) is 8.78. The van der Waals surface area contributed by atoms with Gasteiger partial charge in [-0.05, 0) is 31.2 Å². The minimum absolute atomic E-state index is 0.242. The van der Waals surface area contributed by atoms with Crippen LogP contribution in [0.2, 0.25) is 0 Å². The highest BCUT2D eigenvalue weighted by atomic mass is 16.1. The van der Waals surface area contributed by atoms with Gasteiger partial charge in [0.15, 0.2) is 0 Å². The second-order valence-electron chi connectivity index (χ2n) is 5.95. The molecule has 1 N–H and O–H groups in total. The molecular weight excluding hydrogens is 246 g/mol. The minimum atomic E-state index is 0.242. The predicted molar refractivity (Wildman–Crippen MR) is 83.6 cm³/mol. The van der Waals surface area contributed by atoms with Crippen LogP contribution in [0.3, 0.4) is 0 Å². The van der Waals surface area contributed by atoms with E-state index >= 15 is 0 Å². The summed E-state index contributed by atoms with van der Waals surface area (Å²) in [6, 6.07) is 10.8. The maximum atomic E-state index is 12.0. The summed E-state index contributed by atoms with van der Waals surface area (Å²) in [5, 5.41) is 3.23. The summed E-state index contributed by atoms with van der Waals surface area (Å²) in [7, 11) is 0. The van der Waals surface area contributed by atoms with Crippen molar-refractivity contribution in [2.24, 2.45) is 0 Å². The van der Waals surface area contributed by atoms with Gasteiger partial charge in [-0.15, -0.1) is 0 Å². The summed E-state index contributed by atoms with van der Waals surface area (Å²) in [5.41, 5.74) is 1.33. The van der Waals surface area contributed by atoms with Crippen LogP contribution in [0.1, 0.15) is 63.4 Å². The number of nitrogens with one attached hydrogen (secondary N) is 1. The van der Waals surface area contributed by atoms with Crippen molar-refractivity contribution in [2.45, 2.75) is 70.3 Å². The molecule has 110 valence electrons. The van der Waals surface area contributed by atoms with Crippen LogP contribution >= 0.6 is 0 Å². The van der Waals surface area contributed by atoms with E-state index in [1.165, 1.54) is 50.5 Å². The van der Waals surface area contributed by atoms with Gasteiger partial charge in [-0.3, -0.25) is 4.79 Å². The Bertz CT molecular complexity index is 380. The molecule has 1 aliphatic carbocycles. The van der Waals surface area contributed by atoms with E-state index in [9.17, 15) is 4.79 Å². The molecule has 0 heterocycles. The lowest BCUT2D eigenvalue weighted by atomic mass is 9.96. The van der Waals surface area contributed by atoms with E-state index < -0.39 is 0 Å². The van der Waals surface area contributed by atoms with Crippen molar-refractivity contribution in [2.75, 3.05) is 0 Å². The van der Waals surface area contributed by atoms with Crippen LogP contribution in [0, 0.1) is 0 Å². The summed E-state index contributed by atoms with van der Waals surface area (Å²) in [4.78, 5) is 12.0. The molecule has 0 aromatic heterocycles. The zero-order chi connectivity index (χ0) is 14.0. The molecule has 1 fully saturated rings. The van der Waals surface area contributed by atoms with Gasteiger partial charge in [0.05, 0.1) is 0 Å². The van der Waals surface area contributed by atoms with E-state index in [1.54, 1.807) is 0 Å². The van der Waals surface area contributed by atoms with Gasteiger partial charge in [0.1, 0.15) is 0 Å². The molecular formula is C18H27NO. The number of carbonyl (C=O) groups excluding carboxylic acids is 1. The minimum Gasteiger partial charge on any atom is -0.353 e. The first-order valence-electron chi connectivity index (χ1n) is 8.18. The largest absolute Gasteiger partial charge is 0.353 e. The Morgan fingerprint density at radius 3 is 2.35 bits per heavy atom. The van der Waals surface area contributed by atoms with Gasteiger partial charge < -0.3 is 5.32 Å². The summed E-state index contributed by atoms with van der Waals surface area (Å²) in [5.74, 6) is 0.242. The monoisotopic (exact) mass is 273 g/mol. The molecule has 0 saturated heterocycles. The molecule has 1 aromatic carbocycles. The van der Waals surface area contributed by atoms with E-state index in [1.807, 2.05) is 6.07 Å². The first kappa shape index (κ1) is 15.1. The summed E-state index contributed by atoms with van der Waals surface area (Å²) in [6.45, 7) is 0. The lowest BCUT2D eigenvalue weighted by Gasteiger charge is -2.21. The third-order valence-corrected chi connectivity index (χ3v) is 4.18. The average molecular weight is 273 g/mol. The molecule has 0 atom stereocenters. The van der Waals surface area contributed by atoms with E-state index in [4.69, 9.17) is 0 Å². The predicted octanol–water partition coefficient (Wildman–Crippen LogP) is 4.24. The van der Waals surface area contributed by atoms with Gasteiger partial charge in [-0.25, -0.2) is 0 Å². The topological polar surface area (TPSA) is 29.1 Å². The van der Waals surface area contributed by atoms with Crippen LogP contribution in [0.15, 0.2) is 30.3 Å². The number of hydrogen-bond donors (Lipinski definition) is 1. The van der Waals surface area contributed by atoms with Crippen LogP contribution in [-0.2, 0) is 11.2 Å². The Morgan fingerprint density at radius 2 is 1.65 bits per heavy atom. The molecule has 0 unspecified atom stereocenters. The molecule has 1 amide bonds. The number of benzene rings is 1. The second-order valence-corrected chi connectivity index (χ2v) is 5.95. The Morgan fingerprint density at radius 1 is 1.00 bits per heavy atom. The van der Waals surface area contributed by atoms with Gasteiger partial charge >= 0.3 is 0 Å². The summed E-state index contributed by atoms with van der Waals surface area (Å²) >= 11 is 0. The van der Waals surface area contributed by atoms with Crippen LogP contribution in [0.25, 0.3) is 0 Å². The van der Waals surface area contributed by atoms with E-state index in [0.717, 1.165) is 12.8 Å². The Labute approximate surface area is 123 Å². The molecule has 0 radical (unpaired) electrons. The fraction of sp³-hybridized carbons (Fsp3) is 0.611. The quantitative estimate of drug-likeness (QED) is 0.854. The normalized spacial score (nSPS) is 17.2. The van der Waals surface area contributed by atoms with E-state index in [0.29, 0.717) is 12.5 Å². The SMILES string of the molecule is O=C(CCCc1ccccc1)NC1CCCCCCC1. The highest BCUT2D eigenvalue weighted by molar-refractivity contribution is 5.76. The Kier molecular flexibility index (Phi) is 6.62. The maximum absolute atomic E-state index is 12.0. The molecule has 1 aliphatic rings. The van der Waals surface area contributed by atoms with Crippen molar-refractivity contribution in [3.05, 3.63) is 35.9 Å². The third-order valence-electron chi connectivity index (χ3n) is 4.18. The third kappa shape index (κ3) is 5.77. The maximum Gasteiger partial charge on any atom is 0.220 e. The van der Waals surface area contributed by atoms with Crippen LogP contribution in [0.5, 0.6) is 0 Å². The first-order valence-corrected chi connectivity index (χ1v) is 8.18. The lowest BCUT2D eigenvalue weighted by Crippen LogP contribution is -2.35. The molecule has 20 heavy (non-hydrogen) atoms. The van der Waals surface area contributed by atoms with Crippen molar-refractivity contribution in [3.63, 3.8) is 0 Å². The molecule has 1 saturated carbocycles. The fourth-order valence-corrected chi connectivity index (χ4v) is 3.00. The number of aryl methyl sites for hydroxylation is 1. The van der Waals surface area contributed by atoms with Crippen LogP contribution in [0.4, 0.5) is 0 Å². The number of amides is 1. The fourth-order valence-electron chi connectivity index (χ4n) is 3.00. The molecule has 2 rings (SSSR count). The van der Waals surface area contributed by atoms with Gasteiger partial charge in [0, 0.05) is 12.5 Å². The molecule has 0 spiro atoms. The van der Waals surface area contributed by atoms with E-state index in [2.05, 4.69) is 29.6 Å². The highest BCUT2D eigenvalue weighted by Crippen LogP contribution is 2.17. The average Bonchev–Trinajstić information content (AvgIpc) is 2.43. The summed E-state index contributed by atoms with van der Waals surface area (Å²) < 4.78 is 0. The van der Waals surface area contributed by atoms with Crippen LogP contribution in [-0.4, -0.2) is 11.9 Å². The standard InChI is InChI=1S/C18H27NO/c20-18(15-9-12-16-10-5-4-6-11-16)19-17-13-7-2-1-3-8-14-17/h4-6,10-11,17H,1-3,7-9,12-15H2,(H,19,20). The van der Waals surface area contributed by atoms with Crippen molar-refractivity contribution in [1.82, 2.24) is 5.32 Å². The van der Waals surface area contributed by atoms with Crippen molar-refractivity contribution < 1.29 is 4.79 Å². The van der Waals surface area contributed by atoms with Gasteiger partial charge in [0.25, 0.3) is 0 Å². The molecule has 2 nitrogen and oxygen atoms in total. The molecule has 2 heteroatoms. The lowest BCUT2D eigenvalue weighted by molar-refractivity contribution is -0.122.